The Morgan fingerprint density at radius 3 is 1.06 bits per heavy atom. The zero-order valence-electron chi connectivity index (χ0n) is 23.8. The number of hydrogen-bond donors (Lipinski definition) is 0. The standard InChI is InChI=1S/C32H48.2Li/c1-31(2,3)25-29(27-19-15-11-16-20-27)23-13-9-7-8-10-14-24-30(26-32(4,5)6)28-21-17-12-18-22-28;;/h11-12,15-22H,7-10,13-14,23-26H2,1-6H3;;. The monoisotopic (exact) mass is 446 g/mol. The minimum atomic E-state index is 0.282. The second-order valence-corrected chi connectivity index (χ2v) is 13.9. The molecule has 0 heterocycles. The van der Waals surface area contributed by atoms with Crippen LogP contribution in [0.3, 0.4) is 0 Å². The third-order valence-electron chi connectivity index (χ3n) is 7.49. The van der Waals surface area contributed by atoms with Gasteiger partial charge >= 0.3 is 232 Å². The van der Waals surface area contributed by atoms with Gasteiger partial charge in [-0.2, -0.15) is 0 Å². The van der Waals surface area contributed by atoms with Gasteiger partial charge in [0.1, 0.15) is 0 Å². The van der Waals surface area contributed by atoms with Crippen molar-refractivity contribution in [3.63, 3.8) is 0 Å². The first-order chi connectivity index (χ1) is 15.8. The molecule has 0 amide bonds. The maximum absolute atomic E-state index is 2.49. The van der Waals surface area contributed by atoms with E-state index in [-0.39, 0.29) is 8.18 Å². The topological polar surface area (TPSA) is 0 Å². The Hall–Kier alpha value is -0.365. The number of benzene rings is 2. The average molecular weight is 447 g/mol. The zero-order valence-corrected chi connectivity index (χ0v) is 23.8. The summed E-state index contributed by atoms with van der Waals surface area (Å²) in [5, 5.41) is 0. The molecule has 0 aliphatic rings. The van der Waals surface area contributed by atoms with Gasteiger partial charge in [0.05, 0.1) is 0 Å². The molecule has 0 aliphatic heterocycles. The summed E-state index contributed by atoms with van der Waals surface area (Å²) in [5.41, 5.74) is 3.74. The van der Waals surface area contributed by atoms with Gasteiger partial charge in [-0.15, -0.1) is 0 Å². The molecule has 2 heteroatoms. The summed E-state index contributed by atoms with van der Waals surface area (Å²) in [6, 6.07) is 22.5. The third kappa shape index (κ3) is 10.7. The Labute approximate surface area is 230 Å². The predicted molar refractivity (Wildman–Crippen MR) is 153 cm³/mol. The van der Waals surface area contributed by atoms with Crippen molar-refractivity contribution in [1.29, 1.82) is 0 Å². The van der Waals surface area contributed by atoms with Gasteiger partial charge in [-0.1, -0.05) is 0 Å². The first kappa shape index (κ1) is 29.9. The summed E-state index contributed by atoms with van der Waals surface area (Å²) in [7, 11) is 0. The fourth-order valence-corrected chi connectivity index (χ4v) is 6.43. The van der Waals surface area contributed by atoms with E-state index in [1.165, 1.54) is 75.3 Å². The minimum absolute atomic E-state index is 0.282. The van der Waals surface area contributed by atoms with Crippen LogP contribution in [0.25, 0.3) is 0 Å². The number of rotatable bonds is 13. The van der Waals surface area contributed by atoms with E-state index in [1.807, 2.05) is 0 Å². The Kier molecular flexibility index (Phi) is 11.6. The average Bonchev–Trinajstić information content (AvgIpc) is 2.74. The molecule has 2 aromatic rings. The van der Waals surface area contributed by atoms with Crippen LogP contribution in [0.1, 0.15) is 117 Å². The molecule has 2 rings (SSSR count). The zero-order chi connectivity index (χ0) is 25.3. The Balaban J connectivity index is 1.79. The van der Waals surface area contributed by atoms with Crippen molar-refractivity contribution in [2.45, 2.75) is 114 Å². The van der Waals surface area contributed by atoms with Gasteiger partial charge < -0.3 is 0 Å². The first-order valence-corrected chi connectivity index (χ1v) is 13.9. The van der Waals surface area contributed by atoms with E-state index in [9.17, 15) is 0 Å². The predicted octanol–water partition coefficient (Wildman–Crippen LogP) is 9.11. The summed E-state index contributed by atoms with van der Waals surface area (Å²) < 4.78 is 0.563. The SMILES string of the molecule is [Li][C](CCCCCCCC[C]([Li])(CC(C)(C)C)c1ccccc1)(CC(C)(C)C)c1ccccc1. The van der Waals surface area contributed by atoms with Crippen LogP contribution in [-0.4, -0.2) is 35.4 Å². The fourth-order valence-electron chi connectivity index (χ4n) is 6.43. The maximum atomic E-state index is 2.49. The molecule has 2 aromatic carbocycles. The molecule has 178 valence electrons. The van der Waals surface area contributed by atoms with Gasteiger partial charge in [0, 0.05) is 0 Å². The van der Waals surface area contributed by atoms with Crippen LogP contribution in [0.15, 0.2) is 60.7 Å². The summed E-state index contributed by atoms with van der Waals surface area (Å²) in [6.45, 7) is 14.3. The molecule has 0 nitrogen and oxygen atoms in total. The van der Waals surface area contributed by atoms with Gasteiger partial charge in [0.2, 0.25) is 0 Å². The van der Waals surface area contributed by atoms with Crippen molar-refractivity contribution in [1.82, 2.24) is 0 Å². The molecular weight excluding hydrogens is 398 g/mol. The molecule has 0 radical (unpaired) electrons. The van der Waals surface area contributed by atoms with E-state index in [2.05, 4.69) is 138 Å². The summed E-state index contributed by atoms with van der Waals surface area (Å²) in [4.78, 5) is 0. The molecule has 2 unspecified atom stereocenters. The van der Waals surface area contributed by atoms with Crippen molar-refractivity contribution in [2.75, 3.05) is 0 Å². The van der Waals surface area contributed by atoms with Crippen LogP contribution in [0.4, 0.5) is 0 Å². The molecule has 0 saturated heterocycles. The van der Waals surface area contributed by atoms with Gasteiger partial charge in [-0.05, 0) is 0 Å². The third-order valence-corrected chi connectivity index (χ3v) is 7.49. The summed E-state index contributed by atoms with van der Waals surface area (Å²) in [6.07, 6.45) is 13.3. The fraction of sp³-hybridized carbons (Fsp3) is 0.625. The van der Waals surface area contributed by atoms with Crippen molar-refractivity contribution in [2.24, 2.45) is 10.8 Å². The van der Waals surface area contributed by atoms with Crippen LogP contribution in [0, 0.1) is 10.8 Å². The van der Waals surface area contributed by atoms with Crippen molar-refractivity contribution < 1.29 is 0 Å². The van der Waals surface area contributed by atoms with Crippen LogP contribution in [0.5, 0.6) is 0 Å². The van der Waals surface area contributed by atoms with E-state index in [0.717, 1.165) is 0 Å². The molecule has 0 bridgehead atoms. The molecule has 0 spiro atoms. The Morgan fingerprint density at radius 1 is 0.471 bits per heavy atom. The molecular formula is C32H48Li2. The Bertz CT molecular complexity index is 744. The summed E-state index contributed by atoms with van der Waals surface area (Å²) >= 11 is 4.99. The normalized spacial score (nSPS) is 16.2. The van der Waals surface area contributed by atoms with Crippen molar-refractivity contribution in [3.8, 4) is 0 Å². The van der Waals surface area contributed by atoms with Crippen LogP contribution < -0.4 is 0 Å². The van der Waals surface area contributed by atoms with Gasteiger partial charge in [-0.25, -0.2) is 0 Å². The second kappa shape index (κ2) is 13.3. The molecule has 0 fully saturated rings. The van der Waals surface area contributed by atoms with E-state index in [4.69, 9.17) is 0 Å². The summed E-state index contributed by atoms with van der Waals surface area (Å²) in [5.74, 6) is 0. The van der Waals surface area contributed by atoms with Crippen molar-refractivity contribution in [3.05, 3.63) is 71.8 Å². The van der Waals surface area contributed by atoms with Crippen LogP contribution in [0.2, 0.25) is 0 Å². The van der Waals surface area contributed by atoms with Gasteiger partial charge in [-0.3, -0.25) is 0 Å². The van der Waals surface area contributed by atoms with E-state index < -0.39 is 0 Å². The van der Waals surface area contributed by atoms with E-state index in [0.29, 0.717) is 10.8 Å². The molecule has 34 heavy (non-hydrogen) atoms. The molecule has 2 atom stereocenters. The number of unbranched alkanes of at least 4 members (excludes halogenated alkanes) is 5. The first-order valence-electron chi connectivity index (χ1n) is 13.9. The quantitative estimate of drug-likeness (QED) is 0.213. The van der Waals surface area contributed by atoms with Crippen molar-refractivity contribution >= 4 is 35.4 Å². The molecule has 0 aliphatic carbocycles. The van der Waals surface area contributed by atoms with E-state index >= 15 is 0 Å². The molecule has 0 N–H and O–H groups in total. The van der Waals surface area contributed by atoms with Gasteiger partial charge in [0.25, 0.3) is 0 Å². The van der Waals surface area contributed by atoms with Crippen LogP contribution in [-0.2, 0) is 8.18 Å². The number of hydrogen-bond acceptors (Lipinski definition) is 0. The second-order valence-electron chi connectivity index (χ2n) is 13.9. The Morgan fingerprint density at radius 2 is 0.765 bits per heavy atom. The molecule has 0 aromatic heterocycles. The molecule has 0 saturated carbocycles. The van der Waals surface area contributed by atoms with Crippen LogP contribution >= 0.6 is 0 Å². The van der Waals surface area contributed by atoms with E-state index in [1.54, 1.807) is 0 Å². The van der Waals surface area contributed by atoms with Gasteiger partial charge in [0.15, 0.2) is 0 Å².